The van der Waals surface area contributed by atoms with Gasteiger partial charge in [0.05, 0.1) is 39.0 Å². The maximum Gasteiger partial charge on any atom is 0.305 e. The average molecular weight is 535 g/mol. The van der Waals surface area contributed by atoms with E-state index >= 15 is 0 Å². The molecule has 38 heavy (non-hydrogen) atoms. The van der Waals surface area contributed by atoms with Gasteiger partial charge in [-0.2, -0.15) is 0 Å². The highest BCUT2D eigenvalue weighted by Crippen LogP contribution is 2.67. The van der Waals surface area contributed by atoms with Gasteiger partial charge >= 0.3 is 5.97 Å². The van der Waals surface area contributed by atoms with Crippen LogP contribution < -0.4 is 0 Å². The Labute approximate surface area is 226 Å². The molecule has 0 aromatic carbocycles. The minimum absolute atomic E-state index is 0.0402. The number of esters is 1. The summed E-state index contributed by atoms with van der Waals surface area (Å²) in [6.45, 7) is 6.60. The molecular formula is C30H46O8. The topological polar surface area (TPSA) is 119 Å². The van der Waals surface area contributed by atoms with E-state index in [9.17, 15) is 24.6 Å². The number of rotatable bonds is 6. The summed E-state index contributed by atoms with van der Waals surface area (Å²) in [7, 11) is 1.41. The van der Waals surface area contributed by atoms with Gasteiger partial charge in [-0.3, -0.25) is 14.4 Å². The molecule has 4 saturated carbocycles. The highest BCUT2D eigenvalue weighted by Gasteiger charge is 2.67. The van der Waals surface area contributed by atoms with Crippen LogP contribution in [0.1, 0.15) is 78.6 Å². The average Bonchev–Trinajstić information content (AvgIpc) is 3.28. The van der Waals surface area contributed by atoms with E-state index in [4.69, 9.17) is 14.2 Å². The van der Waals surface area contributed by atoms with E-state index in [0.29, 0.717) is 44.3 Å². The van der Waals surface area contributed by atoms with Crippen LogP contribution in [0.3, 0.4) is 0 Å². The molecule has 1 saturated heterocycles. The molecule has 214 valence electrons. The molecule has 0 radical (unpaired) electrons. The molecule has 8 heteroatoms. The van der Waals surface area contributed by atoms with E-state index in [1.54, 1.807) is 0 Å². The maximum absolute atomic E-state index is 14.0. The summed E-state index contributed by atoms with van der Waals surface area (Å²) in [4.78, 5) is 39.7. The highest BCUT2D eigenvalue weighted by atomic mass is 16.7. The van der Waals surface area contributed by atoms with Gasteiger partial charge in [0, 0.05) is 43.4 Å². The van der Waals surface area contributed by atoms with Crippen molar-refractivity contribution in [2.24, 2.45) is 51.8 Å². The van der Waals surface area contributed by atoms with Crippen LogP contribution in [0.4, 0.5) is 0 Å². The van der Waals surface area contributed by atoms with Crippen LogP contribution in [0.25, 0.3) is 0 Å². The summed E-state index contributed by atoms with van der Waals surface area (Å²) in [5.41, 5.74) is -1.43. The van der Waals surface area contributed by atoms with Crippen molar-refractivity contribution < 1.29 is 38.8 Å². The molecule has 0 unspecified atom stereocenters. The molecule has 0 aromatic heterocycles. The smallest absolute Gasteiger partial charge is 0.305 e. The Balaban J connectivity index is 1.34. The van der Waals surface area contributed by atoms with Crippen LogP contribution in [-0.2, 0) is 28.6 Å². The summed E-state index contributed by atoms with van der Waals surface area (Å²) < 4.78 is 17.3. The molecule has 2 N–H and O–H groups in total. The Morgan fingerprint density at radius 2 is 1.74 bits per heavy atom. The van der Waals surface area contributed by atoms with Crippen LogP contribution in [0, 0.1) is 51.8 Å². The Hall–Kier alpha value is -1.35. The zero-order valence-corrected chi connectivity index (χ0v) is 23.5. The Morgan fingerprint density at radius 3 is 2.37 bits per heavy atom. The standard InChI is InChI=1S/C30H46O8/c1-18(5-8-25(35)36-4)20-6-7-21-26-22(12-24(34)28(20,21)3)27(2)9-10-30(13-19(27)11-23(26)33)37-16-29(14-31,15-32)17-38-30/h18-22,26,31-32H,5-17H2,1-4H3/t18-,19-,20-,21+,22+,26+,27+,28-/m1/s1. The molecule has 8 atom stereocenters. The number of aliphatic hydroxyl groups is 2. The quantitative estimate of drug-likeness (QED) is 0.498. The second-order valence-electron chi connectivity index (χ2n) is 13.8. The van der Waals surface area contributed by atoms with Gasteiger partial charge in [-0.1, -0.05) is 20.8 Å². The van der Waals surface area contributed by atoms with Gasteiger partial charge in [-0.15, -0.1) is 0 Å². The van der Waals surface area contributed by atoms with Crippen LogP contribution >= 0.6 is 0 Å². The molecule has 1 heterocycles. The molecule has 5 rings (SSSR count). The largest absolute Gasteiger partial charge is 0.469 e. The highest BCUT2D eigenvalue weighted by molar-refractivity contribution is 5.92. The number of methoxy groups -OCH3 is 1. The van der Waals surface area contributed by atoms with Crippen molar-refractivity contribution in [2.75, 3.05) is 33.5 Å². The third-order valence-electron chi connectivity index (χ3n) is 12.1. The predicted octanol–water partition coefficient (Wildman–Crippen LogP) is 3.31. The maximum atomic E-state index is 14.0. The van der Waals surface area contributed by atoms with Crippen molar-refractivity contribution in [3.63, 3.8) is 0 Å². The first-order valence-electron chi connectivity index (χ1n) is 14.6. The van der Waals surface area contributed by atoms with Gasteiger partial charge in [-0.05, 0) is 60.7 Å². The lowest BCUT2D eigenvalue weighted by atomic mass is 9.43. The number of ketones is 2. The molecule has 1 aliphatic heterocycles. The fourth-order valence-electron chi connectivity index (χ4n) is 9.34. The number of hydrogen-bond acceptors (Lipinski definition) is 8. The molecule has 1 spiro atoms. The van der Waals surface area contributed by atoms with Gasteiger partial charge in [-0.25, -0.2) is 0 Å². The van der Waals surface area contributed by atoms with Gasteiger partial charge in [0.1, 0.15) is 11.6 Å². The van der Waals surface area contributed by atoms with Crippen LogP contribution in [0.2, 0.25) is 0 Å². The molecule has 4 aliphatic carbocycles. The molecule has 5 aliphatic rings. The summed E-state index contributed by atoms with van der Waals surface area (Å²) in [5, 5.41) is 19.5. The first-order chi connectivity index (χ1) is 18.0. The van der Waals surface area contributed by atoms with Gasteiger partial charge < -0.3 is 24.4 Å². The zero-order valence-electron chi connectivity index (χ0n) is 23.5. The number of fused-ring (bicyclic) bond motifs is 5. The number of Topliss-reactive ketones (excluding diaryl/α,β-unsaturated/α-hetero) is 2. The minimum atomic E-state index is -0.786. The van der Waals surface area contributed by atoms with Gasteiger partial charge in [0.2, 0.25) is 0 Å². The van der Waals surface area contributed by atoms with E-state index in [0.717, 1.165) is 19.3 Å². The molecule has 5 fully saturated rings. The van der Waals surface area contributed by atoms with Gasteiger partial charge in [0.15, 0.2) is 5.79 Å². The van der Waals surface area contributed by atoms with Crippen molar-refractivity contribution in [3.8, 4) is 0 Å². The van der Waals surface area contributed by atoms with E-state index in [1.807, 2.05) is 0 Å². The second kappa shape index (κ2) is 9.93. The van der Waals surface area contributed by atoms with E-state index in [2.05, 4.69) is 20.8 Å². The van der Waals surface area contributed by atoms with Gasteiger partial charge in [0.25, 0.3) is 0 Å². The molecular weight excluding hydrogens is 488 g/mol. The number of carbonyl (C=O) groups is 3. The summed E-state index contributed by atoms with van der Waals surface area (Å²) >= 11 is 0. The summed E-state index contributed by atoms with van der Waals surface area (Å²) in [5.74, 6) is 0.0792. The van der Waals surface area contributed by atoms with E-state index in [1.165, 1.54) is 7.11 Å². The van der Waals surface area contributed by atoms with E-state index in [-0.39, 0.29) is 79.1 Å². The number of ether oxygens (including phenoxy) is 3. The van der Waals surface area contributed by atoms with Crippen molar-refractivity contribution in [1.82, 2.24) is 0 Å². The lowest BCUT2D eigenvalue weighted by Gasteiger charge is -2.61. The van der Waals surface area contributed by atoms with Crippen LogP contribution in [0.5, 0.6) is 0 Å². The molecule has 0 bridgehead atoms. The minimum Gasteiger partial charge on any atom is -0.469 e. The van der Waals surface area contributed by atoms with Crippen LogP contribution in [-0.4, -0.2) is 67.1 Å². The third-order valence-corrected chi connectivity index (χ3v) is 12.1. The monoisotopic (exact) mass is 534 g/mol. The fraction of sp³-hybridized carbons (Fsp3) is 0.900. The third kappa shape index (κ3) is 4.20. The molecule has 0 amide bonds. The number of aliphatic hydroxyl groups excluding tert-OH is 2. The van der Waals surface area contributed by atoms with Crippen molar-refractivity contribution in [3.05, 3.63) is 0 Å². The first kappa shape index (κ1) is 28.2. The van der Waals surface area contributed by atoms with Crippen molar-refractivity contribution >= 4 is 17.5 Å². The van der Waals surface area contributed by atoms with Crippen molar-refractivity contribution in [2.45, 2.75) is 84.3 Å². The number of carbonyl (C=O) groups excluding carboxylic acids is 3. The summed E-state index contributed by atoms with van der Waals surface area (Å²) in [6, 6.07) is 0. The predicted molar refractivity (Wildman–Crippen MR) is 138 cm³/mol. The lowest BCUT2D eigenvalue weighted by molar-refractivity contribution is -0.338. The fourth-order valence-corrected chi connectivity index (χ4v) is 9.34. The first-order valence-corrected chi connectivity index (χ1v) is 14.6. The van der Waals surface area contributed by atoms with E-state index < -0.39 is 16.6 Å². The molecule has 8 nitrogen and oxygen atoms in total. The second-order valence-corrected chi connectivity index (χ2v) is 13.8. The lowest BCUT2D eigenvalue weighted by Crippen LogP contribution is -2.63. The molecule has 0 aromatic rings. The zero-order chi connectivity index (χ0) is 27.5. The Kier molecular flexibility index (Phi) is 7.37. The Morgan fingerprint density at radius 1 is 1.05 bits per heavy atom. The van der Waals surface area contributed by atoms with Crippen molar-refractivity contribution in [1.29, 1.82) is 0 Å². The summed E-state index contributed by atoms with van der Waals surface area (Å²) in [6.07, 6.45) is 5.93. The van der Waals surface area contributed by atoms with Crippen LogP contribution in [0.15, 0.2) is 0 Å². The normalized spacial score (nSPS) is 42.2. The Bertz CT molecular complexity index is 948. The SMILES string of the molecule is COC(=O)CC[C@@H](C)[C@H]1CC[C@H]2[C@@H]3C(=O)C[C@@H]4CC5(CC[C@]4(C)[C@H]3CC(=O)[C@]12C)OCC(CO)(CO)CO5. The number of hydrogen-bond donors (Lipinski definition) is 2.